The molecule has 0 spiro atoms. The van der Waals surface area contributed by atoms with E-state index >= 15 is 0 Å². The van der Waals surface area contributed by atoms with Gasteiger partial charge < -0.3 is 15.5 Å². The first-order valence-electron chi connectivity index (χ1n) is 5.45. The number of imidazole rings is 1. The number of nitrogens with zero attached hydrogens (tertiary/aromatic N) is 3. The molecule has 0 aliphatic carbocycles. The van der Waals surface area contributed by atoms with Crippen molar-refractivity contribution in [2.45, 2.75) is 0 Å². The lowest BCUT2D eigenvalue weighted by Crippen LogP contribution is -2.03. The number of hydrogen-bond acceptors (Lipinski definition) is 4. The van der Waals surface area contributed by atoms with Crippen LogP contribution in [0.3, 0.4) is 0 Å². The number of hydrogen-bond donors (Lipinski definition) is 2. The van der Waals surface area contributed by atoms with Crippen LogP contribution in [-0.2, 0) is 0 Å². The normalized spacial score (nSPS) is 10.8. The third-order valence-corrected chi connectivity index (χ3v) is 3.26. The molecule has 19 heavy (non-hydrogen) atoms. The van der Waals surface area contributed by atoms with Gasteiger partial charge in [-0.1, -0.05) is 6.07 Å². The third kappa shape index (κ3) is 2.12. The first kappa shape index (κ1) is 11.9. The second-order valence-corrected chi connectivity index (χ2v) is 4.75. The summed E-state index contributed by atoms with van der Waals surface area (Å²) in [6, 6.07) is 4.71. The molecule has 96 valence electrons. The van der Waals surface area contributed by atoms with Crippen LogP contribution >= 0.6 is 15.9 Å². The summed E-state index contributed by atoms with van der Waals surface area (Å²) in [5.41, 5.74) is 6.58. The number of anilines is 3. The Morgan fingerprint density at radius 2 is 2.21 bits per heavy atom. The van der Waals surface area contributed by atoms with Crippen LogP contribution in [0.1, 0.15) is 0 Å². The number of nitrogens with two attached hydrogens (primary N) is 1. The second-order valence-electron chi connectivity index (χ2n) is 3.89. The van der Waals surface area contributed by atoms with Gasteiger partial charge >= 0.3 is 0 Å². The molecule has 2 heterocycles. The van der Waals surface area contributed by atoms with Gasteiger partial charge in [-0.05, 0) is 28.1 Å². The Morgan fingerprint density at radius 1 is 1.37 bits per heavy atom. The summed E-state index contributed by atoms with van der Waals surface area (Å²) < 4.78 is 16.1. The van der Waals surface area contributed by atoms with E-state index in [0.29, 0.717) is 27.4 Å². The molecule has 3 aromatic rings. The van der Waals surface area contributed by atoms with Gasteiger partial charge in [0.15, 0.2) is 11.5 Å². The minimum absolute atomic E-state index is 0.297. The van der Waals surface area contributed by atoms with Crippen molar-refractivity contribution in [1.29, 1.82) is 0 Å². The molecule has 0 unspecified atom stereocenters. The Kier molecular flexibility index (Phi) is 2.83. The van der Waals surface area contributed by atoms with Gasteiger partial charge in [0.25, 0.3) is 0 Å². The fourth-order valence-corrected chi connectivity index (χ4v) is 2.21. The maximum absolute atomic E-state index is 13.8. The van der Waals surface area contributed by atoms with Crippen LogP contribution < -0.4 is 11.1 Å². The van der Waals surface area contributed by atoms with Gasteiger partial charge in [0.2, 0.25) is 0 Å². The number of aromatic nitrogens is 3. The smallest absolute Gasteiger partial charge is 0.180 e. The highest BCUT2D eigenvalue weighted by Crippen LogP contribution is 2.29. The number of benzene rings is 1. The van der Waals surface area contributed by atoms with E-state index in [1.165, 1.54) is 6.07 Å². The highest BCUT2D eigenvalue weighted by molar-refractivity contribution is 9.10. The van der Waals surface area contributed by atoms with Crippen LogP contribution in [0.15, 0.2) is 41.3 Å². The van der Waals surface area contributed by atoms with Crippen molar-refractivity contribution in [3.05, 3.63) is 47.1 Å². The fraction of sp³-hybridized carbons (Fsp3) is 0. The van der Waals surface area contributed by atoms with Gasteiger partial charge in [-0.2, -0.15) is 0 Å². The molecule has 0 fully saturated rings. The number of para-hydroxylation sites is 1. The number of nitrogen functional groups attached to an aromatic ring is 1. The van der Waals surface area contributed by atoms with Crippen molar-refractivity contribution in [2.24, 2.45) is 0 Å². The van der Waals surface area contributed by atoms with Gasteiger partial charge in [-0.25, -0.2) is 14.4 Å². The van der Waals surface area contributed by atoms with Crippen LogP contribution in [0.2, 0.25) is 0 Å². The van der Waals surface area contributed by atoms with E-state index in [9.17, 15) is 4.39 Å². The highest BCUT2D eigenvalue weighted by Gasteiger charge is 2.11. The summed E-state index contributed by atoms with van der Waals surface area (Å²) in [5, 5.41) is 2.91. The summed E-state index contributed by atoms with van der Waals surface area (Å²) in [5.74, 6) is 0.333. The molecule has 0 amide bonds. The van der Waals surface area contributed by atoms with Gasteiger partial charge in [-0.3, -0.25) is 0 Å². The quantitative estimate of drug-likeness (QED) is 0.761. The zero-order valence-electron chi connectivity index (χ0n) is 9.64. The fourth-order valence-electron chi connectivity index (χ4n) is 1.77. The third-order valence-electron chi connectivity index (χ3n) is 2.60. The van der Waals surface area contributed by atoms with Crippen molar-refractivity contribution in [1.82, 2.24) is 14.4 Å². The number of fused-ring (bicyclic) bond motifs is 1. The van der Waals surface area contributed by atoms with Crippen LogP contribution in [0, 0.1) is 5.82 Å². The first-order valence-corrected chi connectivity index (χ1v) is 6.24. The molecule has 0 saturated heterocycles. The predicted molar refractivity (Wildman–Crippen MR) is 74.8 cm³/mol. The van der Waals surface area contributed by atoms with E-state index in [4.69, 9.17) is 5.73 Å². The molecule has 0 radical (unpaired) electrons. The van der Waals surface area contributed by atoms with Crippen molar-refractivity contribution in [2.75, 3.05) is 11.1 Å². The highest BCUT2D eigenvalue weighted by atomic mass is 79.9. The topological polar surface area (TPSA) is 68.2 Å². The second kappa shape index (κ2) is 4.51. The molecule has 2 aromatic heterocycles. The standard InChI is InChI=1S/C12H9BrFN5/c13-7-2-1-3-8(14)10(7)18-11-12-16-4-5-19(12)6-9(15)17-11/h1-6H,15H2,(H,17,18). The zero-order chi connectivity index (χ0) is 13.4. The number of halogens is 2. The molecular formula is C12H9BrFN5. The van der Waals surface area contributed by atoms with Crippen molar-refractivity contribution < 1.29 is 4.39 Å². The summed E-state index contributed by atoms with van der Waals surface area (Å²) in [6.45, 7) is 0. The van der Waals surface area contributed by atoms with E-state index in [1.807, 2.05) is 0 Å². The van der Waals surface area contributed by atoms with Gasteiger partial charge in [0, 0.05) is 16.9 Å². The minimum atomic E-state index is -0.386. The van der Waals surface area contributed by atoms with Crippen LogP contribution in [-0.4, -0.2) is 14.4 Å². The lowest BCUT2D eigenvalue weighted by molar-refractivity contribution is 0.631. The largest absolute Gasteiger partial charge is 0.382 e. The summed E-state index contributed by atoms with van der Waals surface area (Å²) in [4.78, 5) is 8.31. The lowest BCUT2D eigenvalue weighted by Gasteiger charge is -2.10. The van der Waals surface area contributed by atoms with Gasteiger partial charge in [0.1, 0.15) is 11.6 Å². The van der Waals surface area contributed by atoms with Gasteiger partial charge in [0.05, 0.1) is 11.9 Å². The molecule has 3 N–H and O–H groups in total. The van der Waals surface area contributed by atoms with E-state index in [-0.39, 0.29) is 5.82 Å². The van der Waals surface area contributed by atoms with E-state index in [1.54, 1.807) is 35.1 Å². The van der Waals surface area contributed by atoms with E-state index in [0.717, 1.165) is 0 Å². The monoisotopic (exact) mass is 321 g/mol. The molecule has 5 nitrogen and oxygen atoms in total. The van der Waals surface area contributed by atoms with E-state index < -0.39 is 0 Å². The van der Waals surface area contributed by atoms with Crippen LogP contribution in [0.25, 0.3) is 5.65 Å². The predicted octanol–water partition coefficient (Wildman–Crippen LogP) is 2.96. The Hall–Kier alpha value is -2.15. The Bertz CT molecular complexity index is 735. The van der Waals surface area contributed by atoms with Crippen LogP contribution in [0.5, 0.6) is 0 Å². The average molecular weight is 322 g/mol. The van der Waals surface area contributed by atoms with E-state index in [2.05, 4.69) is 31.2 Å². The SMILES string of the molecule is Nc1cn2ccnc2c(Nc2c(F)cccc2Br)n1. The first-order chi connectivity index (χ1) is 9.15. The van der Waals surface area contributed by atoms with Gasteiger partial charge in [-0.15, -0.1) is 0 Å². The van der Waals surface area contributed by atoms with Crippen molar-refractivity contribution in [3.8, 4) is 0 Å². The number of rotatable bonds is 2. The molecular weight excluding hydrogens is 313 g/mol. The molecule has 0 bridgehead atoms. The average Bonchev–Trinajstić information content (AvgIpc) is 2.81. The van der Waals surface area contributed by atoms with Crippen molar-refractivity contribution in [3.63, 3.8) is 0 Å². The number of nitrogens with one attached hydrogen (secondary N) is 1. The Morgan fingerprint density at radius 3 is 3.00 bits per heavy atom. The lowest BCUT2D eigenvalue weighted by atomic mass is 10.3. The Labute approximate surface area is 116 Å². The molecule has 0 aliphatic rings. The molecule has 0 aliphatic heterocycles. The van der Waals surface area contributed by atoms with Crippen molar-refractivity contribution >= 4 is 38.9 Å². The minimum Gasteiger partial charge on any atom is -0.382 e. The summed E-state index contributed by atoms with van der Waals surface area (Å²) in [7, 11) is 0. The molecule has 1 aromatic carbocycles. The summed E-state index contributed by atoms with van der Waals surface area (Å²) in [6.07, 6.45) is 5.01. The zero-order valence-corrected chi connectivity index (χ0v) is 11.2. The molecule has 0 atom stereocenters. The summed E-state index contributed by atoms with van der Waals surface area (Å²) >= 11 is 3.29. The molecule has 3 rings (SSSR count). The maximum atomic E-state index is 13.8. The van der Waals surface area contributed by atoms with Crippen LogP contribution in [0.4, 0.5) is 21.7 Å². The maximum Gasteiger partial charge on any atom is 0.180 e. The molecule has 0 saturated carbocycles. The Balaban J connectivity index is 2.13. The molecule has 7 heteroatoms.